The topological polar surface area (TPSA) is 49.8 Å². The van der Waals surface area contributed by atoms with Crippen LogP contribution in [-0.2, 0) is 11.3 Å². The lowest BCUT2D eigenvalue weighted by atomic mass is 10.1. The fourth-order valence-electron chi connectivity index (χ4n) is 2.15. The monoisotopic (exact) mass is 255 g/mol. The third-order valence-electron chi connectivity index (χ3n) is 3.05. The minimum Gasteiger partial charge on any atom is -0.477 e. The summed E-state index contributed by atoms with van der Waals surface area (Å²) >= 11 is 1.36. The summed E-state index contributed by atoms with van der Waals surface area (Å²) < 4.78 is 5.37. The van der Waals surface area contributed by atoms with Gasteiger partial charge in [0.15, 0.2) is 0 Å². The van der Waals surface area contributed by atoms with Crippen molar-refractivity contribution in [3.05, 3.63) is 21.9 Å². The zero-order valence-corrected chi connectivity index (χ0v) is 10.7. The quantitative estimate of drug-likeness (QED) is 0.894. The van der Waals surface area contributed by atoms with E-state index in [2.05, 4.69) is 4.90 Å². The van der Waals surface area contributed by atoms with E-state index in [0.29, 0.717) is 11.0 Å². The van der Waals surface area contributed by atoms with E-state index in [0.717, 1.165) is 37.4 Å². The van der Waals surface area contributed by atoms with E-state index >= 15 is 0 Å². The first-order chi connectivity index (χ1) is 8.19. The number of rotatable bonds is 4. The molecule has 0 bridgehead atoms. The summed E-state index contributed by atoms with van der Waals surface area (Å²) in [4.78, 5) is 14.6. The second-order valence-corrected chi connectivity index (χ2v) is 5.47. The van der Waals surface area contributed by atoms with Gasteiger partial charge in [0.05, 0.1) is 6.10 Å². The van der Waals surface area contributed by atoms with Gasteiger partial charge < -0.3 is 9.84 Å². The molecule has 0 amide bonds. The number of carboxylic acids is 1. The van der Waals surface area contributed by atoms with Gasteiger partial charge in [-0.15, -0.1) is 11.3 Å². The summed E-state index contributed by atoms with van der Waals surface area (Å²) in [5.41, 5.74) is 0. The van der Waals surface area contributed by atoms with Crippen molar-refractivity contribution in [3.8, 4) is 0 Å². The number of piperidine rings is 1. The molecule has 1 aliphatic rings. The van der Waals surface area contributed by atoms with Gasteiger partial charge in [0.25, 0.3) is 0 Å². The Morgan fingerprint density at radius 1 is 1.65 bits per heavy atom. The van der Waals surface area contributed by atoms with Crippen molar-refractivity contribution in [2.24, 2.45) is 0 Å². The van der Waals surface area contributed by atoms with E-state index in [1.165, 1.54) is 11.3 Å². The number of likely N-dealkylation sites (tertiary alicyclic amines) is 1. The highest BCUT2D eigenvalue weighted by Crippen LogP contribution is 2.21. The number of hydrogen-bond donors (Lipinski definition) is 1. The Kier molecular flexibility index (Phi) is 4.15. The van der Waals surface area contributed by atoms with Crippen LogP contribution in [0.1, 0.15) is 27.4 Å². The minimum absolute atomic E-state index is 0.322. The molecule has 1 aromatic rings. The minimum atomic E-state index is -0.838. The van der Waals surface area contributed by atoms with Crippen LogP contribution < -0.4 is 0 Å². The third kappa shape index (κ3) is 3.28. The lowest BCUT2D eigenvalue weighted by molar-refractivity contribution is 0.0289. The van der Waals surface area contributed by atoms with Crippen LogP contribution in [0.15, 0.2) is 12.1 Å². The van der Waals surface area contributed by atoms with E-state index in [-0.39, 0.29) is 0 Å². The average molecular weight is 255 g/mol. The maximum absolute atomic E-state index is 10.8. The average Bonchev–Trinajstić information content (AvgIpc) is 2.78. The summed E-state index contributed by atoms with van der Waals surface area (Å²) in [6, 6.07) is 3.59. The van der Waals surface area contributed by atoms with Crippen LogP contribution in [0.5, 0.6) is 0 Å². The number of hydrogen-bond acceptors (Lipinski definition) is 4. The van der Waals surface area contributed by atoms with Gasteiger partial charge in [-0.2, -0.15) is 0 Å². The SMILES string of the molecule is COC1CCCN(Cc2ccc(C(=O)O)s2)C1. The van der Waals surface area contributed by atoms with Gasteiger partial charge in [-0.1, -0.05) is 0 Å². The predicted molar refractivity (Wildman–Crippen MR) is 66.6 cm³/mol. The molecule has 1 atom stereocenters. The smallest absolute Gasteiger partial charge is 0.345 e. The number of nitrogens with zero attached hydrogens (tertiary/aromatic N) is 1. The largest absolute Gasteiger partial charge is 0.477 e. The molecule has 1 fully saturated rings. The molecule has 1 saturated heterocycles. The first-order valence-electron chi connectivity index (χ1n) is 5.76. The van der Waals surface area contributed by atoms with E-state index in [4.69, 9.17) is 9.84 Å². The molecule has 2 rings (SSSR count). The Morgan fingerprint density at radius 3 is 3.12 bits per heavy atom. The van der Waals surface area contributed by atoms with Crippen molar-refractivity contribution in [2.75, 3.05) is 20.2 Å². The fourth-order valence-corrected chi connectivity index (χ4v) is 3.04. The van der Waals surface area contributed by atoms with Crippen molar-refractivity contribution in [1.29, 1.82) is 0 Å². The van der Waals surface area contributed by atoms with Crippen LogP contribution in [0.25, 0.3) is 0 Å². The van der Waals surface area contributed by atoms with E-state index in [1.54, 1.807) is 13.2 Å². The van der Waals surface area contributed by atoms with Crippen molar-refractivity contribution in [3.63, 3.8) is 0 Å². The molecule has 0 radical (unpaired) electrons. The van der Waals surface area contributed by atoms with Crippen LogP contribution in [-0.4, -0.2) is 42.3 Å². The van der Waals surface area contributed by atoms with Crippen molar-refractivity contribution in [1.82, 2.24) is 4.90 Å². The van der Waals surface area contributed by atoms with Gasteiger partial charge in [0, 0.05) is 25.1 Å². The van der Waals surface area contributed by atoms with Crippen LogP contribution in [0, 0.1) is 0 Å². The zero-order chi connectivity index (χ0) is 12.3. The highest BCUT2D eigenvalue weighted by atomic mass is 32.1. The first-order valence-corrected chi connectivity index (χ1v) is 6.58. The van der Waals surface area contributed by atoms with Crippen LogP contribution >= 0.6 is 11.3 Å². The molecule has 1 unspecified atom stereocenters. The molecule has 1 aromatic heterocycles. The summed E-state index contributed by atoms with van der Waals surface area (Å²) in [5.74, 6) is -0.838. The molecule has 1 N–H and O–H groups in total. The van der Waals surface area contributed by atoms with Gasteiger partial charge in [0.2, 0.25) is 0 Å². The van der Waals surface area contributed by atoms with Gasteiger partial charge in [-0.3, -0.25) is 4.90 Å². The van der Waals surface area contributed by atoms with Crippen LogP contribution in [0.3, 0.4) is 0 Å². The van der Waals surface area contributed by atoms with E-state index < -0.39 is 5.97 Å². The molecule has 5 heteroatoms. The Balaban J connectivity index is 1.93. The summed E-state index contributed by atoms with van der Waals surface area (Å²) in [5, 5.41) is 8.86. The number of aromatic carboxylic acids is 1. The lowest BCUT2D eigenvalue weighted by Gasteiger charge is -2.31. The Hall–Kier alpha value is -0.910. The molecular weight excluding hydrogens is 238 g/mol. The van der Waals surface area contributed by atoms with Gasteiger partial charge >= 0.3 is 5.97 Å². The molecule has 4 nitrogen and oxygen atoms in total. The number of carboxylic acid groups (broad SMARTS) is 1. The lowest BCUT2D eigenvalue weighted by Crippen LogP contribution is -2.38. The number of carbonyl (C=O) groups is 1. The molecule has 0 saturated carbocycles. The molecular formula is C12H17NO3S. The maximum atomic E-state index is 10.8. The predicted octanol–water partition coefficient (Wildman–Crippen LogP) is 2.06. The van der Waals surface area contributed by atoms with E-state index in [9.17, 15) is 4.79 Å². The van der Waals surface area contributed by atoms with Gasteiger partial charge in [-0.25, -0.2) is 4.79 Å². The maximum Gasteiger partial charge on any atom is 0.345 e. The third-order valence-corrected chi connectivity index (χ3v) is 4.11. The molecule has 0 spiro atoms. The van der Waals surface area contributed by atoms with Crippen molar-refractivity contribution >= 4 is 17.3 Å². The summed E-state index contributed by atoms with van der Waals surface area (Å²) in [7, 11) is 1.75. The van der Waals surface area contributed by atoms with Crippen molar-refractivity contribution < 1.29 is 14.6 Å². The first kappa shape index (κ1) is 12.5. The van der Waals surface area contributed by atoms with Gasteiger partial charge in [0.1, 0.15) is 4.88 Å². The second-order valence-electron chi connectivity index (χ2n) is 4.31. The highest BCUT2D eigenvalue weighted by Gasteiger charge is 2.20. The molecule has 0 aromatic carbocycles. The molecule has 2 heterocycles. The van der Waals surface area contributed by atoms with Crippen molar-refractivity contribution in [2.45, 2.75) is 25.5 Å². The Bertz CT molecular complexity index is 391. The number of thiophene rings is 1. The standard InChI is InChI=1S/C12H17NO3S/c1-16-9-3-2-6-13(7-9)8-10-4-5-11(17-10)12(14)15/h4-5,9H,2-3,6-8H2,1H3,(H,14,15). The normalized spacial score (nSPS) is 21.6. The molecule has 1 aliphatic heterocycles. The molecule has 17 heavy (non-hydrogen) atoms. The van der Waals surface area contributed by atoms with Crippen LogP contribution in [0.2, 0.25) is 0 Å². The molecule has 0 aliphatic carbocycles. The highest BCUT2D eigenvalue weighted by molar-refractivity contribution is 7.13. The van der Waals surface area contributed by atoms with E-state index in [1.807, 2.05) is 6.07 Å². The fraction of sp³-hybridized carbons (Fsp3) is 0.583. The molecule has 94 valence electrons. The Morgan fingerprint density at radius 2 is 2.47 bits per heavy atom. The zero-order valence-electron chi connectivity index (χ0n) is 9.89. The number of methoxy groups -OCH3 is 1. The second kappa shape index (κ2) is 5.62. The van der Waals surface area contributed by atoms with Crippen LogP contribution in [0.4, 0.5) is 0 Å². The van der Waals surface area contributed by atoms with Gasteiger partial charge in [-0.05, 0) is 31.5 Å². The summed E-state index contributed by atoms with van der Waals surface area (Å²) in [6.45, 7) is 2.84. The Labute approximate surface area is 105 Å². The summed E-state index contributed by atoms with van der Waals surface area (Å²) in [6.07, 6.45) is 2.59. The number of ether oxygens (including phenoxy) is 1.